The Hall–Kier alpha value is -1.16. The van der Waals surface area contributed by atoms with E-state index < -0.39 is 5.82 Å². The second kappa shape index (κ2) is 5.87. The molecule has 0 heterocycles. The van der Waals surface area contributed by atoms with Crippen LogP contribution in [0.3, 0.4) is 0 Å². The monoisotopic (exact) mass is 319 g/mol. The molecule has 0 bridgehead atoms. The summed E-state index contributed by atoms with van der Waals surface area (Å²) >= 11 is 17.6. The summed E-state index contributed by atoms with van der Waals surface area (Å²) in [7, 11) is 0. The van der Waals surface area contributed by atoms with Gasteiger partial charge < -0.3 is 10.4 Å². The zero-order valence-corrected chi connectivity index (χ0v) is 11.8. The number of hydrogen-bond acceptors (Lipinski definition) is 2. The van der Waals surface area contributed by atoms with Crippen LogP contribution in [0.2, 0.25) is 15.1 Å². The van der Waals surface area contributed by atoms with E-state index in [-0.39, 0.29) is 20.8 Å². The third-order valence-corrected chi connectivity index (χ3v) is 3.39. The first-order chi connectivity index (χ1) is 8.97. The molecule has 0 aliphatic heterocycles. The molecular formula is C13H9Cl3FNO. The highest BCUT2D eigenvalue weighted by molar-refractivity contribution is 6.39. The van der Waals surface area contributed by atoms with Crippen LogP contribution in [0.4, 0.5) is 10.1 Å². The summed E-state index contributed by atoms with van der Waals surface area (Å²) in [5, 5.41) is 13.0. The third kappa shape index (κ3) is 3.44. The maximum absolute atomic E-state index is 13.0. The molecule has 0 saturated carbocycles. The van der Waals surface area contributed by atoms with E-state index in [2.05, 4.69) is 5.32 Å². The normalized spacial score (nSPS) is 10.5. The minimum atomic E-state index is -0.492. The number of anilines is 1. The van der Waals surface area contributed by atoms with Gasteiger partial charge in [0.1, 0.15) is 11.6 Å². The van der Waals surface area contributed by atoms with Crippen molar-refractivity contribution < 1.29 is 9.50 Å². The van der Waals surface area contributed by atoms with E-state index in [4.69, 9.17) is 34.8 Å². The van der Waals surface area contributed by atoms with E-state index in [9.17, 15) is 9.50 Å². The summed E-state index contributed by atoms with van der Waals surface area (Å²) in [4.78, 5) is 0. The number of hydrogen-bond donors (Lipinski definition) is 2. The fraction of sp³-hybridized carbons (Fsp3) is 0.0769. The summed E-state index contributed by atoms with van der Waals surface area (Å²) in [5.41, 5.74) is 1.29. The van der Waals surface area contributed by atoms with Gasteiger partial charge in [0, 0.05) is 6.54 Å². The molecule has 0 spiro atoms. The fourth-order valence-electron chi connectivity index (χ4n) is 1.56. The molecule has 0 aliphatic carbocycles. The first kappa shape index (κ1) is 14.3. The van der Waals surface area contributed by atoms with Gasteiger partial charge in [-0.1, -0.05) is 40.9 Å². The van der Waals surface area contributed by atoms with Crippen molar-refractivity contribution in [1.29, 1.82) is 0 Å². The molecule has 0 saturated heterocycles. The van der Waals surface area contributed by atoms with Gasteiger partial charge in [-0.25, -0.2) is 4.39 Å². The average Bonchev–Trinajstić information content (AvgIpc) is 2.32. The van der Waals surface area contributed by atoms with E-state index >= 15 is 0 Å². The van der Waals surface area contributed by atoms with Gasteiger partial charge >= 0.3 is 0 Å². The van der Waals surface area contributed by atoms with Crippen molar-refractivity contribution in [2.24, 2.45) is 0 Å². The standard InChI is InChI=1S/C13H9Cl3FNO/c14-9-3-7(1-2-12(9)19)6-18-13-10(15)4-8(17)5-11(13)16/h1-5,18-19H,6H2. The number of phenolic OH excluding ortho intramolecular Hbond substituents is 1. The molecule has 2 aromatic carbocycles. The molecule has 0 aromatic heterocycles. The van der Waals surface area contributed by atoms with Crippen LogP contribution in [-0.4, -0.2) is 5.11 Å². The first-order valence-electron chi connectivity index (χ1n) is 5.33. The van der Waals surface area contributed by atoms with E-state index in [1.807, 2.05) is 0 Å². The average molecular weight is 321 g/mol. The van der Waals surface area contributed by atoms with E-state index in [1.165, 1.54) is 18.2 Å². The zero-order valence-electron chi connectivity index (χ0n) is 9.55. The van der Waals surface area contributed by atoms with Crippen LogP contribution in [0.1, 0.15) is 5.56 Å². The van der Waals surface area contributed by atoms with Gasteiger partial charge in [-0.3, -0.25) is 0 Å². The highest BCUT2D eigenvalue weighted by atomic mass is 35.5. The lowest BCUT2D eigenvalue weighted by Crippen LogP contribution is -2.01. The molecule has 19 heavy (non-hydrogen) atoms. The molecule has 6 heteroatoms. The largest absolute Gasteiger partial charge is 0.506 e. The lowest BCUT2D eigenvalue weighted by molar-refractivity contribution is 0.475. The second-order valence-corrected chi connectivity index (χ2v) is 5.11. The van der Waals surface area contributed by atoms with Gasteiger partial charge in [0.05, 0.1) is 20.8 Å². The van der Waals surface area contributed by atoms with Gasteiger partial charge in [0.2, 0.25) is 0 Å². The van der Waals surface area contributed by atoms with Gasteiger partial charge in [0.25, 0.3) is 0 Å². The molecule has 0 fully saturated rings. The molecule has 2 aromatic rings. The Kier molecular flexibility index (Phi) is 4.40. The third-order valence-electron chi connectivity index (χ3n) is 2.49. The van der Waals surface area contributed by atoms with Gasteiger partial charge in [-0.2, -0.15) is 0 Å². The van der Waals surface area contributed by atoms with E-state index in [0.29, 0.717) is 12.2 Å². The van der Waals surface area contributed by atoms with Crippen LogP contribution < -0.4 is 5.32 Å². The highest BCUT2D eigenvalue weighted by Crippen LogP contribution is 2.32. The molecule has 2 rings (SSSR count). The van der Waals surface area contributed by atoms with E-state index in [1.54, 1.807) is 12.1 Å². The summed E-state index contributed by atoms with van der Waals surface area (Å²) in [6.07, 6.45) is 0. The minimum absolute atomic E-state index is 0.0169. The number of benzene rings is 2. The minimum Gasteiger partial charge on any atom is -0.506 e. The smallest absolute Gasteiger partial charge is 0.134 e. The van der Waals surface area contributed by atoms with Crippen LogP contribution in [0.15, 0.2) is 30.3 Å². The van der Waals surface area contributed by atoms with Crippen molar-refractivity contribution in [2.45, 2.75) is 6.54 Å². The Morgan fingerprint density at radius 3 is 2.21 bits per heavy atom. The Labute approximate surface area is 124 Å². The van der Waals surface area contributed by atoms with Crippen molar-refractivity contribution in [3.63, 3.8) is 0 Å². The van der Waals surface area contributed by atoms with Crippen molar-refractivity contribution in [1.82, 2.24) is 0 Å². The van der Waals surface area contributed by atoms with E-state index in [0.717, 1.165) is 5.56 Å². The highest BCUT2D eigenvalue weighted by Gasteiger charge is 2.08. The molecule has 0 radical (unpaired) electrons. The van der Waals surface area contributed by atoms with Crippen LogP contribution >= 0.6 is 34.8 Å². The van der Waals surface area contributed by atoms with Crippen molar-refractivity contribution >= 4 is 40.5 Å². The maximum atomic E-state index is 13.0. The van der Waals surface area contributed by atoms with Crippen LogP contribution in [0.25, 0.3) is 0 Å². The summed E-state index contributed by atoms with van der Waals surface area (Å²) in [6, 6.07) is 7.18. The number of aromatic hydroxyl groups is 1. The molecule has 2 N–H and O–H groups in total. The quantitative estimate of drug-likeness (QED) is 0.824. The number of halogens is 4. The van der Waals surface area contributed by atoms with Crippen molar-refractivity contribution in [3.8, 4) is 5.75 Å². The number of rotatable bonds is 3. The number of phenols is 1. The first-order valence-corrected chi connectivity index (χ1v) is 6.46. The summed E-state index contributed by atoms with van der Waals surface area (Å²) < 4.78 is 13.0. The Bertz CT molecular complexity index is 596. The predicted octanol–water partition coefficient (Wildman–Crippen LogP) is 5.10. The Balaban J connectivity index is 2.16. The lowest BCUT2D eigenvalue weighted by Gasteiger charge is -2.11. The van der Waals surface area contributed by atoms with Crippen LogP contribution in [-0.2, 0) is 6.54 Å². The Morgan fingerprint density at radius 2 is 1.63 bits per heavy atom. The predicted molar refractivity (Wildman–Crippen MR) is 76.9 cm³/mol. The molecule has 0 unspecified atom stereocenters. The van der Waals surface area contributed by atoms with Crippen LogP contribution in [0.5, 0.6) is 5.75 Å². The van der Waals surface area contributed by atoms with Gasteiger partial charge in [-0.15, -0.1) is 0 Å². The fourth-order valence-corrected chi connectivity index (χ4v) is 2.36. The second-order valence-electron chi connectivity index (χ2n) is 3.88. The summed E-state index contributed by atoms with van der Waals surface area (Å²) in [5.74, 6) is -0.475. The maximum Gasteiger partial charge on any atom is 0.134 e. The lowest BCUT2D eigenvalue weighted by atomic mass is 10.2. The van der Waals surface area contributed by atoms with Crippen LogP contribution in [0, 0.1) is 5.82 Å². The molecule has 0 aliphatic rings. The molecule has 2 nitrogen and oxygen atoms in total. The molecule has 0 amide bonds. The topological polar surface area (TPSA) is 32.3 Å². The molecule has 0 atom stereocenters. The Morgan fingerprint density at radius 1 is 1.00 bits per heavy atom. The SMILES string of the molecule is Oc1ccc(CNc2c(Cl)cc(F)cc2Cl)cc1Cl. The van der Waals surface area contributed by atoms with Crippen molar-refractivity contribution in [3.05, 3.63) is 56.8 Å². The number of nitrogens with one attached hydrogen (secondary N) is 1. The summed E-state index contributed by atoms with van der Waals surface area (Å²) in [6.45, 7) is 0.394. The van der Waals surface area contributed by atoms with Gasteiger partial charge in [0.15, 0.2) is 0 Å². The zero-order chi connectivity index (χ0) is 14.0. The molecular weight excluding hydrogens is 312 g/mol. The van der Waals surface area contributed by atoms with Crippen molar-refractivity contribution in [2.75, 3.05) is 5.32 Å². The van der Waals surface area contributed by atoms with Gasteiger partial charge in [-0.05, 0) is 29.8 Å². The molecule has 100 valence electrons.